The number of sulfonamides is 1. The molecule has 1 atom stereocenters. The van der Waals surface area contributed by atoms with E-state index in [1.807, 2.05) is 11.8 Å². The van der Waals surface area contributed by atoms with E-state index >= 15 is 0 Å². The highest BCUT2D eigenvalue weighted by Gasteiger charge is 2.53. The molecule has 2 aliphatic heterocycles. The first-order valence-corrected chi connectivity index (χ1v) is 11.2. The molecule has 0 unspecified atom stereocenters. The highest BCUT2D eigenvalue weighted by atomic mass is 32.2. The Morgan fingerprint density at radius 1 is 1.33 bits per heavy atom. The summed E-state index contributed by atoms with van der Waals surface area (Å²) in [6.07, 6.45) is 9.59. The van der Waals surface area contributed by atoms with E-state index < -0.39 is 10.0 Å². The van der Waals surface area contributed by atoms with Crippen molar-refractivity contribution in [3.8, 4) is 0 Å². The summed E-state index contributed by atoms with van der Waals surface area (Å²) in [6, 6.07) is 3.28. The Morgan fingerprint density at radius 2 is 2.12 bits per heavy atom. The molecule has 0 amide bonds. The van der Waals surface area contributed by atoms with Gasteiger partial charge in [-0.05, 0) is 37.3 Å². The third-order valence-corrected chi connectivity index (χ3v) is 8.77. The van der Waals surface area contributed by atoms with Crippen LogP contribution in [0.5, 0.6) is 0 Å². The van der Waals surface area contributed by atoms with E-state index in [4.69, 9.17) is 4.74 Å². The summed E-state index contributed by atoms with van der Waals surface area (Å²) in [7, 11) is -3.39. The molecular weight excluding hydrogens is 344 g/mol. The van der Waals surface area contributed by atoms with Crippen molar-refractivity contribution in [1.29, 1.82) is 0 Å². The number of aromatic nitrogens is 1. The van der Waals surface area contributed by atoms with Crippen molar-refractivity contribution in [3.05, 3.63) is 24.5 Å². The van der Waals surface area contributed by atoms with E-state index in [1.54, 1.807) is 22.6 Å². The molecule has 0 aromatic carbocycles. The molecular formula is C17H24N2O3S2. The number of rotatable bonds is 5. The lowest BCUT2D eigenvalue weighted by atomic mass is 9.95. The molecule has 3 fully saturated rings. The van der Waals surface area contributed by atoms with Gasteiger partial charge < -0.3 is 4.74 Å². The molecule has 1 saturated carbocycles. The summed E-state index contributed by atoms with van der Waals surface area (Å²) in [4.78, 5) is 4.21. The van der Waals surface area contributed by atoms with Crippen LogP contribution in [-0.2, 0) is 14.8 Å². The summed E-state index contributed by atoms with van der Waals surface area (Å²) < 4.78 is 32.9. The zero-order valence-corrected chi connectivity index (χ0v) is 15.4. The zero-order valence-electron chi connectivity index (χ0n) is 13.8. The smallest absolute Gasteiger partial charge is 0.244 e. The van der Waals surface area contributed by atoms with Crippen LogP contribution in [0.2, 0.25) is 0 Å². The van der Waals surface area contributed by atoms with E-state index in [2.05, 4.69) is 4.98 Å². The van der Waals surface area contributed by atoms with Crippen molar-refractivity contribution < 1.29 is 13.2 Å². The number of hydrogen-bond acceptors (Lipinski definition) is 5. The SMILES string of the molecule is O=S(=O)(c1cccnc1)N1CC2(C[C@H](OCC3CCCC3)CS2)C1. The summed E-state index contributed by atoms with van der Waals surface area (Å²) in [6.45, 7) is 2.08. The number of thioether (sulfide) groups is 1. The minimum Gasteiger partial charge on any atom is -0.377 e. The topological polar surface area (TPSA) is 59.5 Å². The molecule has 4 rings (SSSR count). The second-order valence-corrected chi connectivity index (χ2v) is 10.7. The maximum absolute atomic E-state index is 12.6. The van der Waals surface area contributed by atoms with Crippen molar-refractivity contribution in [2.75, 3.05) is 25.4 Å². The molecule has 1 aliphatic carbocycles. The van der Waals surface area contributed by atoms with E-state index in [-0.39, 0.29) is 9.64 Å². The number of hydrogen-bond donors (Lipinski definition) is 0. The van der Waals surface area contributed by atoms with Crippen LogP contribution in [-0.4, -0.2) is 54.0 Å². The fourth-order valence-corrected chi connectivity index (χ4v) is 7.29. The van der Waals surface area contributed by atoms with Crippen LogP contribution in [0.25, 0.3) is 0 Å². The highest BCUT2D eigenvalue weighted by molar-refractivity contribution is 8.01. The average Bonchev–Trinajstić information content (AvgIpc) is 3.22. The molecule has 1 spiro atoms. The van der Waals surface area contributed by atoms with Gasteiger partial charge >= 0.3 is 0 Å². The Kier molecular flexibility index (Phi) is 4.62. The predicted octanol–water partition coefficient (Wildman–Crippen LogP) is 2.54. The molecule has 5 nitrogen and oxygen atoms in total. The zero-order chi connectivity index (χ0) is 16.6. The number of pyridine rings is 1. The molecule has 1 aromatic rings. The summed E-state index contributed by atoms with van der Waals surface area (Å²) in [5, 5.41) is 0. The Labute approximate surface area is 148 Å². The third kappa shape index (κ3) is 3.23. The van der Waals surface area contributed by atoms with Crippen molar-refractivity contribution in [2.45, 2.75) is 47.9 Å². The molecule has 7 heteroatoms. The van der Waals surface area contributed by atoms with Crippen LogP contribution in [0.4, 0.5) is 0 Å². The summed E-state index contributed by atoms with van der Waals surface area (Å²) in [5.41, 5.74) is 0. The van der Waals surface area contributed by atoms with Gasteiger partial charge in [-0.15, -0.1) is 11.8 Å². The average molecular weight is 369 g/mol. The van der Waals surface area contributed by atoms with Crippen LogP contribution in [0.1, 0.15) is 32.1 Å². The Morgan fingerprint density at radius 3 is 2.83 bits per heavy atom. The van der Waals surface area contributed by atoms with Gasteiger partial charge in [0.1, 0.15) is 4.90 Å². The molecule has 0 radical (unpaired) electrons. The highest BCUT2D eigenvalue weighted by Crippen LogP contribution is 2.47. The van der Waals surface area contributed by atoms with Gasteiger partial charge in [-0.2, -0.15) is 4.31 Å². The van der Waals surface area contributed by atoms with E-state index in [0.717, 1.165) is 24.7 Å². The monoisotopic (exact) mass is 368 g/mol. The van der Waals surface area contributed by atoms with Gasteiger partial charge in [-0.25, -0.2) is 8.42 Å². The molecule has 3 aliphatic rings. The number of nitrogens with zero attached hydrogens (tertiary/aromatic N) is 2. The maximum Gasteiger partial charge on any atom is 0.244 e. The maximum atomic E-state index is 12.6. The lowest BCUT2D eigenvalue weighted by Gasteiger charge is -2.46. The molecule has 0 N–H and O–H groups in total. The van der Waals surface area contributed by atoms with Gasteiger partial charge in [0.15, 0.2) is 0 Å². The first-order chi connectivity index (χ1) is 11.6. The molecule has 132 valence electrons. The summed E-state index contributed by atoms with van der Waals surface area (Å²) in [5.74, 6) is 1.74. The molecule has 2 saturated heterocycles. The van der Waals surface area contributed by atoms with E-state index in [1.165, 1.54) is 31.9 Å². The fourth-order valence-electron chi connectivity index (χ4n) is 3.99. The second kappa shape index (κ2) is 6.59. The first-order valence-electron chi connectivity index (χ1n) is 8.73. The molecule has 1 aromatic heterocycles. The molecule has 3 heterocycles. The van der Waals surface area contributed by atoms with Crippen molar-refractivity contribution in [1.82, 2.24) is 9.29 Å². The molecule has 24 heavy (non-hydrogen) atoms. The quantitative estimate of drug-likeness (QED) is 0.799. The van der Waals surface area contributed by atoms with Crippen LogP contribution >= 0.6 is 11.8 Å². The Hall–Kier alpha value is -0.630. The fraction of sp³-hybridized carbons (Fsp3) is 0.706. The van der Waals surface area contributed by atoms with Crippen LogP contribution in [0.15, 0.2) is 29.4 Å². The van der Waals surface area contributed by atoms with Crippen LogP contribution in [0.3, 0.4) is 0 Å². The standard InChI is InChI=1S/C17H24N2O3S2/c20-24(21,16-6-3-7-18-9-16)19-12-17(13-19)8-15(11-23-17)22-10-14-4-1-2-5-14/h3,6-7,9,14-15H,1-2,4-5,8,10-13H2/t15-/m0/s1. The van der Waals surface area contributed by atoms with E-state index in [9.17, 15) is 8.42 Å². The Balaban J connectivity index is 1.30. The lowest BCUT2D eigenvalue weighted by Crippen LogP contribution is -2.60. The number of ether oxygens (including phenoxy) is 1. The van der Waals surface area contributed by atoms with Gasteiger partial charge in [0.05, 0.1) is 6.10 Å². The minimum atomic E-state index is -3.39. The lowest BCUT2D eigenvalue weighted by molar-refractivity contribution is 0.0303. The normalized spacial score (nSPS) is 27.6. The van der Waals surface area contributed by atoms with Crippen molar-refractivity contribution in [2.24, 2.45) is 5.92 Å². The largest absolute Gasteiger partial charge is 0.377 e. The van der Waals surface area contributed by atoms with Gasteiger partial charge in [0.25, 0.3) is 0 Å². The predicted molar refractivity (Wildman–Crippen MR) is 94.5 cm³/mol. The minimum absolute atomic E-state index is 0.0651. The summed E-state index contributed by atoms with van der Waals surface area (Å²) >= 11 is 1.89. The van der Waals surface area contributed by atoms with Crippen molar-refractivity contribution >= 4 is 21.8 Å². The first kappa shape index (κ1) is 16.8. The van der Waals surface area contributed by atoms with Gasteiger partial charge in [-0.3, -0.25) is 4.98 Å². The van der Waals surface area contributed by atoms with Crippen LogP contribution < -0.4 is 0 Å². The molecule has 0 bridgehead atoms. The van der Waals surface area contributed by atoms with Crippen LogP contribution in [0, 0.1) is 5.92 Å². The van der Waals surface area contributed by atoms with Gasteiger partial charge in [-0.1, -0.05) is 12.8 Å². The van der Waals surface area contributed by atoms with Crippen molar-refractivity contribution in [3.63, 3.8) is 0 Å². The van der Waals surface area contributed by atoms with Gasteiger partial charge in [0.2, 0.25) is 10.0 Å². The Bertz CT molecular complexity index is 668. The van der Waals surface area contributed by atoms with Gasteiger partial charge in [0, 0.05) is 42.6 Å². The second-order valence-electron chi connectivity index (χ2n) is 7.27. The van der Waals surface area contributed by atoms with E-state index in [0.29, 0.717) is 19.2 Å². The third-order valence-electron chi connectivity index (χ3n) is 5.42.